The lowest BCUT2D eigenvalue weighted by molar-refractivity contribution is -0.0497. The molecule has 10 heteroatoms. The van der Waals surface area contributed by atoms with E-state index in [1.165, 1.54) is 44.9 Å². The number of imidazole rings is 1. The van der Waals surface area contributed by atoms with E-state index in [-0.39, 0.29) is 21.7 Å². The van der Waals surface area contributed by atoms with Crippen molar-refractivity contribution in [2.75, 3.05) is 20.5 Å². The number of halogens is 2. The first kappa shape index (κ1) is 18.1. The van der Waals surface area contributed by atoms with Crippen LogP contribution in [0.2, 0.25) is 0 Å². The Kier molecular flexibility index (Phi) is 4.77. The first-order chi connectivity index (χ1) is 12.4. The molecule has 1 N–H and O–H groups in total. The number of ether oxygens (including phenoxy) is 3. The van der Waals surface area contributed by atoms with Gasteiger partial charge in [-0.05, 0) is 22.1 Å². The molecule has 0 aliphatic carbocycles. The van der Waals surface area contributed by atoms with Crippen molar-refractivity contribution in [3.63, 3.8) is 0 Å². The number of aromatic amines is 1. The molecule has 0 bridgehead atoms. The number of aromatic nitrogens is 3. The lowest BCUT2D eigenvalue weighted by atomic mass is 10.3. The Labute approximate surface area is 148 Å². The molecule has 0 aliphatic rings. The summed E-state index contributed by atoms with van der Waals surface area (Å²) in [5, 5.41) is 0.364. The number of H-pyrrole nitrogens is 1. The summed E-state index contributed by atoms with van der Waals surface area (Å²) in [6.07, 6.45) is 2.95. The monoisotopic (exact) mass is 385 g/mol. The first-order valence-corrected chi connectivity index (χ1v) is 9.62. The third-order valence-corrected chi connectivity index (χ3v) is 5.90. The number of methoxy groups -OCH3 is 2. The average Bonchev–Trinajstić information content (AvgIpc) is 3.04. The summed E-state index contributed by atoms with van der Waals surface area (Å²) < 4.78 is 53.1. The maximum absolute atomic E-state index is 13.5. The smallest absolute Gasteiger partial charge is 0.387 e. The van der Waals surface area contributed by atoms with Crippen molar-refractivity contribution in [2.24, 2.45) is 0 Å². The van der Waals surface area contributed by atoms with E-state index in [9.17, 15) is 13.0 Å². The summed E-state index contributed by atoms with van der Waals surface area (Å²) in [6.45, 7) is -2.94. The van der Waals surface area contributed by atoms with E-state index >= 15 is 0 Å². The highest BCUT2D eigenvalue weighted by Gasteiger charge is 2.27. The van der Waals surface area contributed by atoms with Crippen molar-refractivity contribution in [2.45, 2.75) is 16.8 Å². The second-order valence-corrected chi connectivity index (χ2v) is 8.11. The van der Waals surface area contributed by atoms with Gasteiger partial charge in [0.15, 0.2) is 21.7 Å². The van der Waals surface area contributed by atoms with Crippen LogP contribution in [0.5, 0.6) is 17.2 Å². The fraction of sp³-hybridized carbons (Fsp3) is 0.250. The molecule has 0 saturated carbocycles. The quantitative estimate of drug-likeness (QED) is 0.635. The van der Waals surface area contributed by atoms with E-state index in [1.54, 1.807) is 6.07 Å². The van der Waals surface area contributed by atoms with Gasteiger partial charge in [0.1, 0.15) is 5.75 Å². The number of benzene rings is 1. The molecule has 0 atom stereocenters. The maximum Gasteiger partial charge on any atom is 0.387 e. The Bertz CT molecular complexity index is 993. The lowest BCUT2D eigenvalue weighted by Crippen LogP contribution is -2.16. The number of alkyl halides is 2. The van der Waals surface area contributed by atoms with E-state index in [4.69, 9.17) is 9.47 Å². The standard InChI is InChI=1S/C16H17F2N3O4S/c1-23-12-6-7-19-14(13(12)24-2)26(3,22)16-20-10-5-4-9(25-15(17)18)8-11(10)21-16/h4-8,15,26H,1-3H3,(H,20,21). The second kappa shape index (κ2) is 6.87. The molecule has 26 heavy (non-hydrogen) atoms. The van der Waals surface area contributed by atoms with Crippen LogP contribution in [0.4, 0.5) is 8.78 Å². The van der Waals surface area contributed by atoms with Gasteiger partial charge in [0, 0.05) is 24.6 Å². The fourth-order valence-corrected chi connectivity index (χ4v) is 4.24. The van der Waals surface area contributed by atoms with Gasteiger partial charge in [-0.1, -0.05) is 0 Å². The number of nitrogens with one attached hydrogen (secondary N) is 1. The minimum absolute atomic E-state index is 0.0337. The predicted molar refractivity (Wildman–Crippen MR) is 92.1 cm³/mol. The molecule has 2 aromatic heterocycles. The summed E-state index contributed by atoms with van der Waals surface area (Å²) in [4.78, 5) is 11.4. The number of pyridine rings is 1. The SMILES string of the molecule is COc1ccnc([SH](C)(=O)c2nc3cc(OC(F)F)ccc3[nH]2)c1OC. The second-order valence-electron chi connectivity index (χ2n) is 5.41. The van der Waals surface area contributed by atoms with Crippen LogP contribution in [-0.2, 0) is 9.93 Å². The molecule has 0 saturated heterocycles. The number of fused-ring (bicyclic) bond motifs is 1. The van der Waals surface area contributed by atoms with Gasteiger partial charge in [0.2, 0.25) is 0 Å². The Morgan fingerprint density at radius 3 is 2.62 bits per heavy atom. The third-order valence-electron chi connectivity index (χ3n) is 3.75. The van der Waals surface area contributed by atoms with Crippen LogP contribution in [0, 0.1) is 0 Å². The van der Waals surface area contributed by atoms with Gasteiger partial charge >= 0.3 is 6.61 Å². The molecule has 0 spiro atoms. The number of hydrogen-bond donors (Lipinski definition) is 2. The summed E-state index contributed by atoms with van der Waals surface area (Å²) in [5.74, 6) is 0.611. The minimum atomic E-state index is -3.28. The van der Waals surface area contributed by atoms with E-state index in [0.717, 1.165) is 0 Å². The van der Waals surface area contributed by atoms with Gasteiger partial charge in [-0.2, -0.15) is 8.78 Å². The van der Waals surface area contributed by atoms with E-state index < -0.39 is 16.5 Å². The summed E-state index contributed by atoms with van der Waals surface area (Å²) >= 11 is 0. The zero-order chi connectivity index (χ0) is 18.9. The first-order valence-electron chi connectivity index (χ1n) is 7.47. The lowest BCUT2D eigenvalue weighted by Gasteiger charge is -2.19. The van der Waals surface area contributed by atoms with Crippen LogP contribution >= 0.6 is 0 Å². The highest BCUT2D eigenvalue weighted by molar-refractivity contribution is 8.02. The van der Waals surface area contributed by atoms with Gasteiger partial charge in [0.05, 0.1) is 25.3 Å². The Balaban J connectivity index is 2.09. The van der Waals surface area contributed by atoms with E-state index in [0.29, 0.717) is 16.8 Å². The molecule has 0 fully saturated rings. The van der Waals surface area contributed by atoms with Gasteiger partial charge in [-0.3, -0.25) is 4.21 Å². The number of thiol groups is 1. The van der Waals surface area contributed by atoms with Crippen molar-refractivity contribution in [3.05, 3.63) is 30.5 Å². The zero-order valence-corrected chi connectivity index (χ0v) is 15.1. The number of nitrogens with zero attached hydrogens (tertiary/aromatic N) is 2. The van der Waals surface area contributed by atoms with Crippen LogP contribution in [0.3, 0.4) is 0 Å². The summed E-state index contributed by atoms with van der Waals surface area (Å²) in [7, 11) is -0.386. The molecular weight excluding hydrogens is 368 g/mol. The maximum atomic E-state index is 13.5. The molecule has 2 heterocycles. The third kappa shape index (κ3) is 3.19. The molecule has 140 valence electrons. The molecule has 1 aromatic carbocycles. The van der Waals surface area contributed by atoms with Crippen LogP contribution in [0.25, 0.3) is 11.0 Å². The van der Waals surface area contributed by atoms with Crippen molar-refractivity contribution in [3.8, 4) is 17.2 Å². The van der Waals surface area contributed by atoms with Gasteiger partial charge in [-0.25, -0.2) is 9.97 Å². The van der Waals surface area contributed by atoms with Crippen molar-refractivity contribution in [1.82, 2.24) is 15.0 Å². The van der Waals surface area contributed by atoms with Gasteiger partial charge < -0.3 is 19.2 Å². The Morgan fingerprint density at radius 1 is 1.19 bits per heavy atom. The van der Waals surface area contributed by atoms with Crippen molar-refractivity contribution < 1.29 is 27.2 Å². The summed E-state index contributed by atoms with van der Waals surface area (Å²) in [5.41, 5.74) is 0.882. The Hall–Kier alpha value is -2.75. The van der Waals surface area contributed by atoms with Crippen LogP contribution < -0.4 is 14.2 Å². The van der Waals surface area contributed by atoms with Gasteiger partial charge in [0.25, 0.3) is 0 Å². The van der Waals surface area contributed by atoms with Crippen molar-refractivity contribution >= 4 is 21.0 Å². The molecule has 0 unspecified atom stereocenters. The fourth-order valence-electron chi connectivity index (χ4n) is 2.53. The molecule has 3 aromatic rings. The summed E-state index contributed by atoms with van der Waals surface area (Å²) in [6, 6.07) is 5.84. The van der Waals surface area contributed by atoms with Crippen LogP contribution in [0.15, 0.2) is 40.6 Å². The average molecular weight is 385 g/mol. The van der Waals surface area contributed by atoms with Crippen molar-refractivity contribution in [1.29, 1.82) is 0 Å². The van der Waals surface area contributed by atoms with Crippen LogP contribution in [-0.4, -0.2) is 46.2 Å². The largest absolute Gasteiger partial charge is 0.493 e. The number of rotatable bonds is 6. The van der Waals surface area contributed by atoms with E-state index in [1.807, 2.05) is 0 Å². The molecule has 0 amide bonds. The highest BCUT2D eigenvalue weighted by atomic mass is 32.2. The minimum Gasteiger partial charge on any atom is -0.493 e. The van der Waals surface area contributed by atoms with Crippen LogP contribution in [0.1, 0.15) is 0 Å². The molecule has 7 nitrogen and oxygen atoms in total. The highest BCUT2D eigenvalue weighted by Crippen LogP contribution is 2.37. The molecule has 0 aliphatic heterocycles. The zero-order valence-electron chi connectivity index (χ0n) is 14.2. The normalized spacial score (nSPS) is 12.4. The predicted octanol–water partition coefficient (Wildman–Crippen LogP) is 2.64. The van der Waals surface area contributed by atoms with E-state index in [2.05, 4.69) is 19.7 Å². The number of hydrogen-bond acceptors (Lipinski definition) is 6. The Morgan fingerprint density at radius 2 is 1.96 bits per heavy atom. The molecule has 3 rings (SSSR count). The van der Waals surface area contributed by atoms with Gasteiger partial charge in [-0.15, -0.1) is 0 Å². The topological polar surface area (TPSA) is 86.3 Å². The molecule has 0 radical (unpaired) electrons. The molecular formula is C16H17F2N3O4S.